The van der Waals surface area contributed by atoms with Gasteiger partial charge < -0.3 is 24.4 Å². The molecule has 1 aliphatic heterocycles. The van der Waals surface area contributed by atoms with Crippen LogP contribution in [0.4, 0.5) is 0 Å². The monoisotopic (exact) mass is 495 g/mol. The Morgan fingerprint density at radius 1 is 1.11 bits per heavy atom. The highest BCUT2D eigenvalue weighted by Crippen LogP contribution is 2.41. The molecule has 8 heteroatoms. The molecule has 1 aliphatic rings. The van der Waals surface area contributed by atoms with E-state index in [1.54, 1.807) is 36.3 Å². The second-order valence-electron chi connectivity index (χ2n) is 9.20. The lowest BCUT2D eigenvalue weighted by molar-refractivity contribution is -0.140. The molecule has 2 heterocycles. The van der Waals surface area contributed by atoms with Gasteiger partial charge in [-0.2, -0.15) is 0 Å². The van der Waals surface area contributed by atoms with E-state index < -0.39 is 17.7 Å². The average molecular weight is 496 g/mol. The summed E-state index contributed by atoms with van der Waals surface area (Å²) in [5.41, 5.74) is 1.15. The highest BCUT2D eigenvalue weighted by atomic mass is 16.5. The summed E-state index contributed by atoms with van der Waals surface area (Å²) in [6.07, 6.45) is 3.97. The van der Waals surface area contributed by atoms with Gasteiger partial charge in [0.05, 0.1) is 25.3 Å². The Bertz CT molecular complexity index is 1080. The molecule has 194 valence electrons. The SMILES string of the molecule is CCN(CC)CCN1C(=O)C(=O)C(=C(O)c2ccncc2)C1c1ccc(OCCC(C)C)c(OC)c1. The first-order valence-electron chi connectivity index (χ1n) is 12.5. The molecule has 3 rings (SSSR count). The molecule has 36 heavy (non-hydrogen) atoms. The number of rotatable bonds is 12. The maximum Gasteiger partial charge on any atom is 0.295 e. The molecule has 1 amide bonds. The molecule has 2 aromatic rings. The zero-order valence-corrected chi connectivity index (χ0v) is 21.9. The number of Topliss-reactive ketones (excluding diaryl/α,β-unsaturated/α-hetero) is 1. The smallest absolute Gasteiger partial charge is 0.295 e. The topological polar surface area (TPSA) is 92.2 Å². The molecule has 1 saturated heterocycles. The minimum atomic E-state index is -0.757. The molecule has 0 aliphatic carbocycles. The Hall–Kier alpha value is -3.39. The zero-order chi connectivity index (χ0) is 26.2. The van der Waals surface area contributed by atoms with Crippen LogP contribution >= 0.6 is 0 Å². The largest absolute Gasteiger partial charge is 0.507 e. The number of aromatic nitrogens is 1. The van der Waals surface area contributed by atoms with Gasteiger partial charge in [-0.25, -0.2) is 0 Å². The first-order chi connectivity index (χ1) is 17.3. The fourth-order valence-corrected chi connectivity index (χ4v) is 4.29. The number of carbonyl (C=O) groups is 2. The van der Waals surface area contributed by atoms with Gasteiger partial charge in [-0.3, -0.25) is 14.6 Å². The molecular weight excluding hydrogens is 458 g/mol. The molecule has 0 bridgehead atoms. The van der Waals surface area contributed by atoms with E-state index in [2.05, 4.69) is 37.6 Å². The van der Waals surface area contributed by atoms with Crippen molar-refractivity contribution in [1.82, 2.24) is 14.8 Å². The van der Waals surface area contributed by atoms with Gasteiger partial charge in [-0.1, -0.05) is 33.8 Å². The molecule has 1 N–H and O–H groups in total. The van der Waals surface area contributed by atoms with Crippen molar-refractivity contribution in [3.8, 4) is 11.5 Å². The Morgan fingerprint density at radius 2 is 1.81 bits per heavy atom. The summed E-state index contributed by atoms with van der Waals surface area (Å²) in [6.45, 7) is 11.6. The summed E-state index contributed by atoms with van der Waals surface area (Å²) in [5, 5.41) is 11.2. The van der Waals surface area contributed by atoms with Crippen LogP contribution in [-0.4, -0.2) is 71.5 Å². The summed E-state index contributed by atoms with van der Waals surface area (Å²) in [7, 11) is 1.56. The number of likely N-dealkylation sites (N-methyl/N-ethyl adjacent to an activating group) is 1. The van der Waals surface area contributed by atoms with E-state index in [0.717, 1.165) is 19.5 Å². The molecule has 1 aromatic heterocycles. The number of amides is 1. The standard InChI is InChI=1S/C28H37N3O5/c1-6-30(7-2)15-16-31-25(21-8-9-22(23(18-21)35-5)36-17-12-19(3)4)24(27(33)28(31)34)26(32)20-10-13-29-14-11-20/h8-11,13-14,18-19,25,32H,6-7,12,15-17H2,1-5H3. The van der Waals surface area contributed by atoms with Crippen molar-refractivity contribution in [3.05, 3.63) is 59.4 Å². The molecule has 0 saturated carbocycles. The second kappa shape index (κ2) is 12.5. The summed E-state index contributed by atoms with van der Waals surface area (Å²) in [6, 6.07) is 7.88. The number of methoxy groups -OCH3 is 1. The van der Waals surface area contributed by atoms with E-state index >= 15 is 0 Å². The van der Waals surface area contributed by atoms with Crippen LogP contribution in [0.25, 0.3) is 5.76 Å². The maximum absolute atomic E-state index is 13.2. The fraction of sp³-hybridized carbons (Fsp3) is 0.464. The molecule has 1 unspecified atom stereocenters. The van der Waals surface area contributed by atoms with Crippen LogP contribution in [0.5, 0.6) is 11.5 Å². The molecule has 0 radical (unpaired) electrons. The zero-order valence-electron chi connectivity index (χ0n) is 21.9. The second-order valence-corrected chi connectivity index (χ2v) is 9.20. The van der Waals surface area contributed by atoms with Crippen molar-refractivity contribution in [2.45, 2.75) is 40.2 Å². The lowest BCUT2D eigenvalue weighted by Gasteiger charge is -2.28. The van der Waals surface area contributed by atoms with Crippen LogP contribution in [0.3, 0.4) is 0 Å². The molecule has 1 fully saturated rings. The van der Waals surface area contributed by atoms with E-state index in [1.807, 2.05) is 6.07 Å². The molecule has 0 spiro atoms. The Morgan fingerprint density at radius 3 is 2.42 bits per heavy atom. The maximum atomic E-state index is 13.2. The van der Waals surface area contributed by atoms with Gasteiger partial charge in [0.1, 0.15) is 5.76 Å². The van der Waals surface area contributed by atoms with Crippen molar-refractivity contribution in [3.63, 3.8) is 0 Å². The van der Waals surface area contributed by atoms with Crippen molar-refractivity contribution < 1.29 is 24.2 Å². The van der Waals surface area contributed by atoms with E-state index in [1.165, 1.54) is 12.4 Å². The third kappa shape index (κ3) is 6.05. The van der Waals surface area contributed by atoms with Gasteiger partial charge in [0.15, 0.2) is 11.5 Å². The van der Waals surface area contributed by atoms with Crippen LogP contribution in [-0.2, 0) is 9.59 Å². The van der Waals surface area contributed by atoms with Gasteiger partial charge in [0.25, 0.3) is 11.7 Å². The van der Waals surface area contributed by atoms with E-state index in [0.29, 0.717) is 48.2 Å². The highest BCUT2D eigenvalue weighted by Gasteiger charge is 2.46. The number of pyridine rings is 1. The lowest BCUT2D eigenvalue weighted by Crippen LogP contribution is -2.38. The quantitative estimate of drug-likeness (QED) is 0.267. The van der Waals surface area contributed by atoms with Gasteiger partial charge in [-0.05, 0) is 55.3 Å². The Balaban J connectivity index is 2.06. The lowest BCUT2D eigenvalue weighted by atomic mass is 9.95. The van der Waals surface area contributed by atoms with Gasteiger partial charge in [0, 0.05) is 31.0 Å². The number of carbonyl (C=O) groups excluding carboxylic acids is 2. The van der Waals surface area contributed by atoms with Crippen molar-refractivity contribution >= 4 is 17.4 Å². The van der Waals surface area contributed by atoms with E-state index in [-0.39, 0.29) is 11.3 Å². The summed E-state index contributed by atoms with van der Waals surface area (Å²) < 4.78 is 11.5. The van der Waals surface area contributed by atoms with E-state index in [4.69, 9.17) is 9.47 Å². The highest BCUT2D eigenvalue weighted by molar-refractivity contribution is 6.46. The summed E-state index contributed by atoms with van der Waals surface area (Å²) in [4.78, 5) is 34.1. The predicted molar refractivity (Wildman–Crippen MR) is 139 cm³/mol. The molecule has 8 nitrogen and oxygen atoms in total. The van der Waals surface area contributed by atoms with Crippen LogP contribution in [0.2, 0.25) is 0 Å². The Labute approximate surface area is 213 Å². The number of nitrogens with zero attached hydrogens (tertiary/aromatic N) is 3. The predicted octanol–water partition coefficient (Wildman–Crippen LogP) is 4.28. The third-order valence-corrected chi connectivity index (χ3v) is 6.50. The number of hydrogen-bond donors (Lipinski definition) is 1. The minimum Gasteiger partial charge on any atom is -0.507 e. The van der Waals surface area contributed by atoms with Crippen molar-refractivity contribution in [2.24, 2.45) is 5.92 Å². The summed E-state index contributed by atoms with van der Waals surface area (Å²) >= 11 is 0. The normalized spacial score (nSPS) is 17.3. The van der Waals surface area contributed by atoms with Crippen LogP contribution in [0, 0.1) is 5.92 Å². The van der Waals surface area contributed by atoms with Crippen LogP contribution in [0.1, 0.15) is 51.3 Å². The van der Waals surface area contributed by atoms with Crippen molar-refractivity contribution in [1.29, 1.82) is 0 Å². The van der Waals surface area contributed by atoms with Crippen molar-refractivity contribution in [2.75, 3.05) is 39.9 Å². The number of aliphatic hydroxyl groups is 1. The van der Waals surface area contributed by atoms with Gasteiger partial charge in [-0.15, -0.1) is 0 Å². The third-order valence-electron chi connectivity index (χ3n) is 6.50. The number of benzene rings is 1. The number of ketones is 1. The first kappa shape index (κ1) is 27.2. The number of aliphatic hydroxyl groups excluding tert-OH is 1. The van der Waals surface area contributed by atoms with Crippen LogP contribution < -0.4 is 9.47 Å². The minimum absolute atomic E-state index is 0.0567. The van der Waals surface area contributed by atoms with Gasteiger partial charge in [0.2, 0.25) is 0 Å². The molecular formula is C28H37N3O5. The van der Waals surface area contributed by atoms with E-state index in [9.17, 15) is 14.7 Å². The fourth-order valence-electron chi connectivity index (χ4n) is 4.29. The van der Waals surface area contributed by atoms with Gasteiger partial charge >= 0.3 is 0 Å². The molecule has 1 aromatic carbocycles. The number of hydrogen-bond acceptors (Lipinski definition) is 7. The first-order valence-corrected chi connectivity index (χ1v) is 12.5. The Kier molecular flexibility index (Phi) is 9.47. The molecule has 1 atom stereocenters. The average Bonchev–Trinajstić information content (AvgIpc) is 3.14. The number of likely N-dealkylation sites (tertiary alicyclic amines) is 1. The number of ether oxygens (including phenoxy) is 2. The summed E-state index contributed by atoms with van der Waals surface area (Å²) in [5.74, 6) is 0.0611. The van der Waals surface area contributed by atoms with Crippen LogP contribution in [0.15, 0.2) is 48.3 Å².